The minimum absolute atomic E-state index is 0.776. The molecule has 0 saturated carbocycles. The highest BCUT2D eigenvalue weighted by Crippen LogP contribution is 2.33. The monoisotopic (exact) mass is 417 g/mol. The van der Waals surface area contributed by atoms with E-state index in [1.807, 2.05) is 51.6 Å². The molecule has 0 aliphatic rings. The summed E-state index contributed by atoms with van der Waals surface area (Å²) in [5.41, 5.74) is 3.66. The number of hydrogen-bond donors (Lipinski definition) is 0. The van der Waals surface area contributed by atoms with Crippen molar-refractivity contribution in [2.75, 3.05) is 0 Å². The zero-order valence-electron chi connectivity index (χ0n) is 16.8. The van der Waals surface area contributed by atoms with E-state index >= 15 is 0 Å². The van der Waals surface area contributed by atoms with Gasteiger partial charge in [-0.15, -0.1) is 0 Å². The molecule has 0 atom stereocenters. The van der Waals surface area contributed by atoms with E-state index in [-0.39, 0.29) is 0 Å². The first-order valence-electron chi connectivity index (χ1n) is 9.48. The molecule has 0 aliphatic heterocycles. The highest BCUT2D eigenvalue weighted by Gasteiger charge is 2.19. The molecule has 0 radical (unpaired) electrons. The molecule has 150 valence electrons. The van der Waals surface area contributed by atoms with E-state index in [0.29, 0.717) is 0 Å². The van der Waals surface area contributed by atoms with E-state index in [9.17, 15) is 0 Å². The molecule has 0 aliphatic carbocycles. The number of hydrogen-bond acceptors (Lipinski definition) is 7. The summed E-state index contributed by atoms with van der Waals surface area (Å²) in [7, 11) is 1.97. The van der Waals surface area contributed by atoms with Crippen molar-refractivity contribution >= 4 is 22.9 Å². The highest BCUT2D eigenvalue weighted by molar-refractivity contribution is 7.99. The second-order valence-corrected chi connectivity index (χ2v) is 7.79. The van der Waals surface area contributed by atoms with Crippen molar-refractivity contribution in [1.29, 1.82) is 0 Å². The van der Waals surface area contributed by atoms with E-state index in [0.717, 1.165) is 50.5 Å². The molecule has 30 heavy (non-hydrogen) atoms. The van der Waals surface area contributed by atoms with Crippen LogP contribution < -0.4 is 0 Å². The zero-order valence-corrected chi connectivity index (χ0v) is 17.6. The van der Waals surface area contributed by atoms with Gasteiger partial charge in [-0.2, -0.15) is 5.10 Å². The Morgan fingerprint density at radius 1 is 1.10 bits per heavy atom. The first-order chi connectivity index (χ1) is 14.7. The fraction of sp³-hybridized carbons (Fsp3) is 0.200. The molecule has 0 N–H and O–H groups in total. The molecular weight excluding hydrogens is 398 g/mol. The predicted octanol–water partition coefficient (Wildman–Crippen LogP) is 3.29. The van der Waals surface area contributed by atoms with E-state index in [1.165, 1.54) is 6.33 Å². The van der Waals surface area contributed by atoms with Crippen LogP contribution in [-0.2, 0) is 13.6 Å². The molecule has 0 spiro atoms. The molecule has 10 heteroatoms. The van der Waals surface area contributed by atoms with Gasteiger partial charge in [-0.25, -0.2) is 24.9 Å². The maximum Gasteiger partial charge on any atom is 0.164 e. The van der Waals surface area contributed by atoms with Gasteiger partial charge in [-0.05, 0) is 26.0 Å². The smallest absolute Gasteiger partial charge is 0.164 e. The molecule has 5 aromatic rings. The van der Waals surface area contributed by atoms with Crippen molar-refractivity contribution in [2.45, 2.75) is 30.3 Å². The average Bonchev–Trinajstić information content (AvgIpc) is 3.47. The standard InChI is InChI=1S/C20H19N9S/c1-4-29-13(2)15(9-25-29)18-26-17-19(27(18)3)23-12-24-20(17)30-14-6-8-28(10-14)16-5-7-21-11-22-16/h5-12H,4H2,1-3H3. The highest BCUT2D eigenvalue weighted by atomic mass is 32.2. The number of fused-ring (bicyclic) bond motifs is 1. The lowest BCUT2D eigenvalue weighted by atomic mass is 10.2. The molecule has 0 fully saturated rings. The molecule has 0 bridgehead atoms. The summed E-state index contributed by atoms with van der Waals surface area (Å²) in [6.45, 7) is 4.95. The number of nitrogens with zero attached hydrogens (tertiary/aromatic N) is 9. The molecule has 0 unspecified atom stereocenters. The van der Waals surface area contributed by atoms with Crippen LogP contribution >= 0.6 is 11.8 Å². The maximum absolute atomic E-state index is 4.89. The van der Waals surface area contributed by atoms with Crippen molar-refractivity contribution in [3.63, 3.8) is 0 Å². The van der Waals surface area contributed by atoms with Gasteiger partial charge in [-0.1, -0.05) is 11.8 Å². The molecule has 5 rings (SSSR count). The molecule has 5 heterocycles. The van der Waals surface area contributed by atoms with Gasteiger partial charge in [0.05, 0.1) is 11.8 Å². The quantitative estimate of drug-likeness (QED) is 0.405. The third kappa shape index (κ3) is 3.05. The van der Waals surface area contributed by atoms with Crippen LogP contribution in [0.5, 0.6) is 0 Å². The first-order valence-corrected chi connectivity index (χ1v) is 10.3. The fourth-order valence-corrected chi connectivity index (χ4v) is 4.26. The van der Waals surface area contributed by atoms with Crippen LogP contribution in [0.25, 0.3) is 28.4 Å². The summed E-state index contributed by atoms with van der Waals surface area (Å²) in [6.07, 6.45) is 10.7. The Kier molecular flexibility index (Phi) is 4.55. The molecular formula is C20H19N9S. The Morgan fingerprint density at radius 3 is 2.77 bits per heavy atom. The van der Waals surface area contributed by atoms with Crippen LogP contribution in [0.1, 0.15) is 12.6 Å². The van der Waals surface area contributed by atoms with Crippen LogP contribution in [0.4, 0.5) is 0 Å². The first kappa shape index (κ1) is 18.5. The Morgan fingerprint density at radius 2 is 2.00 bits per heavy atom. The topological polar surface area (TPSA) is 92.1 Å². The van der Waals surface area contributed by atoms with E-state index < -0.39 is 0 Å². The molecule has 0 aromatic carbocycles. The Hall–Kier alpha value is -3.53. The van der Waals surface area contributed by atoms with Crippen LogP contribution in [0, 0.1) is 6.92 Å². The van der Waals surface area contributed by atoms with Gasteiger partial charge in [0.25, 0.3) is 0 Å². The average molecular weight is 418 g/mol. The third-order valence-corrected chi connectivity index (χ3v) is 5.95. The lowest BCUT2D eigenvalue weighted by molar-refractivity contribution is 0.640. The number of aromatic nitrogens is 9. The number of rotatable bonds is 5. The molecule has 5 aromatic heterocycles. The van der Waals surface area contributed by atoms with E-state index in [4.69, 9.17) is 4.98 Å². The normalized spacial score (nSPS) is 11.4. The summed E-state index contributed by atoms with van der Waals surface area (Å²) in [5, 5.41) is 5.26. The van der Waals surface area contributed by atoms with Gasteiger partial charge in [0.1, 0.15) is 34.8 Å². The molecule has 0 saturated heterocycles. The van der Waals surface area contributed by atoms with Crippen LogP contribution in [-0.4, -0.2) is 43.8 Å². The minimum Gasteiger partial charge on any atom is -0.312 e. The summed E-state index contributed by atoms with van der Waals surface area (Å²) < 4.78 is 5.91. The van der Waals surface area contributed by atoms with Crippen molar-refractivity contribution < 1.29 is 0 Å². The lowest BCUT2D eigenvalue weighted by Crippen LogP contribution is -2.00. The van der Waals surface area contributed by atoms with Crippen molar-refractivity contribution in [3.8, 4) is 17.2 Å². The van der Waals surface area contributed by atoms with Gasteiger partial charge < -0.3 is 9.13 Å². The Labute approximate surface area is 176 Å². The zero-order chi connectivity index (χ0) is 20.7. The molecule has 0 amide bonds. The third-order valence-electron chi connectivity index (χ3n) is 4.98. The fourth-order valence-electron chi connectivity index (χ4n) is 3.41. The Balaban J connectivity index is 1.53. The second kappa shape index (κ2) is 7.38. The summed E-state index contributed by atoms with van der Waals surface area (Å²) in [5.74, 6) is 1.65. The van der Waals surface area contributed by atoms with Gasteiger partial charge >= 0.3 is 0 Å². The van der Waals surface area contributed by atoms with E-state index in [1.54, 1.807) is 24.3 Å². The van der Waals surface area contributed by atoms with Gasteiger partial charge in [0.2, 0.25) is 0 Å². The maximum atomic E-state index is 4.89. The SMILES string of the molecule is CCn1ncc(-c2nc3c(Sc4ccn(-c5ccncn5)c4)ncnc3n2C)c1C. The summed E-state index contributed by atoms with van der Waals surface area (Å²) >= 11 is 1.55. The lowest BCUT2D eigenvalue weighted by Gasteiger charge is -2.02. The second-order valence-electron chi connectivity index (χ2n) is 6.73. The summed E-state index contributed by atoms with van der Waals surface area (Å²) in [6, 6.07) is 3.89. The van der Waals surface area contributed by atoms with E-state index in [2.05, 4.69) is 38.9 Å². The van der Waals surface area contributed by atoms with Crippen LogP contribution in [0.2, 0.25) is 0 Å². The van der Waals surface area contributed by atoms with Crippen molar-refractivity contribution in [3.05, 3.63) is 55.3 Å². The summed E-state index contributed by atoms with van der Waals surface area (Å²) in [4.78, 5) is 23.1. The van der Waals surface area contributed by atoms with Gasteiger partial charge in [0.15, 0.2) is 5.65 Å². The number of aryl methyl sites for hydroxylation is 2. The van der Waals surface area contributed by atoms with Crippen molar-refractivity contribution in [1.82, 2.24) is 43.8 Å². The Bertz CT molecular complexity index is 1330. The van der Waals surface area contributed by atoms with Crippen LogP contribution in [0.15, 0.2) is 59.5 Å². The largest absolute Gasteiger partial charge is 0.312 e. The van der Waals surface area contributed by atoms with Crippen LogP contribution in [0.3, 0.4) is 0 Å². The predicted molar refractivity (Wildman–Crippen MR) is 113 cm³/mol. The van der Waals surface area contributed by atoms with Gasteiger partial charge in [0, 0.05) is 42.8 Å². The minimum atomic E-state index is 0.776. The van der Waals surface area contributed by atoms with Crippen molar-refractivity contribution in [2.24, 2.45) is 7.05 Å². The number of imidazole rings is 1. The van der Waals surface area contributed by atoms with Gasteiger partial charge in [-0.3, -0.25) is 4.68 Å². The molecule has 9 nitrogen and oxygen atoms in total.